The van der Waals surface area contributed by atoms with Crippen molar-refractivity contribution in [2.45, 2.75) is 26.6 Å². The molecule has 0 aliphatic carbocycles. The van der Waals surface area contributed by atoms with E-state index in [-0.39, 0.29) is 19.5 Å². The van der Waals surface area contributed by atoms with Crippen LogP contribution in [0.1, 0.15) is 24.0 Å². The van der Waals surface area contributed by atoms with Crippen molar-refractivity contribution in [1.29, 1.82) is 5.26 Å². The molecule has 16 heteroatoms. The summed E-state index contributed by atoms with van der Waals surface area (Å²) in [6.07, 6.45) is 5.64. The number of hydrogen-bond acceptors (Lipinski definition) is 13. The Morgan fingerprint density at radius 2 is 0.977 bits per heavy atom. The number of nitriles is 1. The molecule has 2 aromatic carbocycles. The number of aromatic nitrogens is 3. The summed E-state index contributed by atoms with van der Waals surface area (Å²) >= 11 is 0. The minimum Gasteiger partial charge on any atom is -0.286 e. The quantitative estimate of drug-likeness (QED) is 0.156. The first-order valence-electron chi connectivity index (χ1n) is 12.1. The maximum Gasteiger partial charge on any atom is 2.00 e. The Bertz CT molecular complexity index is 1490. The molecule has 0 N–H and O–H groups in total. The monoisotopic (exact) mass is 693 g/mol. The van der Waals surface area contributed by atoms with Gasteiger partial charge in [0.05, 0.1) is 23.2 Å². The first-order valence-corrected chi connectivity index (χ1v) is 14.6. The molecule has 5 rings (SSSR count). The molecule has 0 aliphatic heterocycles. The van der Waals surface area contributed by atoms with Crippen LogP contribution in [0, 0.1) is 31.8 Å². The van der Waals surface area contributed by atoms with E-state index in [2.05, 4.69) is 76.6 Å². The molecule has 0 aliphatic rings. The van der Waals surface area contributed by atoms with Crippen LogP contribution in [-0.4, -0.2) is 19.9 Å². The van der Waals surface area contributed by atoms with Crippen molar-refractivity contribution in [3.05, 3.63) is 115 Å². The molecule has 0 radical (unpaired) electrons. The van der Waals surface area contributed by atoms with Crippen LogP contribution in [0.3, 0.4) is 0 Å². The largest absolute Gasteiger partial charge is 2.00 e. The zero-order chi connectivity index (χ0) is 31.9. The second kappa shape index (κ2) is 19.2. The fraction of sp³-hybridized carbons (Fsp3) is 0.143. The van der Waals surface area contributed by atoms with E-state index in [0.717, 1.165) is 36.7 Å². The molecule has 44 heavy (non-hydrogen) atoms. The molecule has 0 saturated heterocycles. The Morgan fingerprint density at radius 1 is 0.591 bits per heavy atom. The average molecular weight is 696 g/mol. The molecule has 0 fully saturated rings. The van der Waals surface area contributed by atoms with Crippen LogP contribution in [0.5, 0.6) is 0 Å². The van der Waals surface area contributed by atoms with Gasteiger partial charge in [0, 0.05) is 55.9 Å². The summed E-state index contributed by atoms with van der Waals surface area (Å²) in [7, 11) is -9.89. The van der Waals surface area contributed by atoms with Crippen molar-refractivity contribution >= 4 is 21.5 Å². The Hall–Kier alpha value is -3.26. The summed E-state index contributed by atoms with van der Waals surface area (Å²) in [5.41, 5.74) is 3.19. The molecule has 0 spiro atoms. The van der Waals surface area contributed by atoms with Gasteiger partial charge < -0.3 is 0 Å². The van der Waals surface area contributed by atoms with Gasteiger partial charge in [0.2, 0.25) is 0 Å². The average Bonchev–Trinajstić information content (AvgIpc) is 2.93. The first-order chi connectivity index (χ1) is 20.3. The number of rotatable bonds is 6. The Kier molecular flexibility index (Phi) is 16.9. The van der Waals surface area contributed by atoms with Crippen molar-refractivity contribution in [3.8, 4) is 6.07 Å². The molecule has 3 heterocycles. The Balaban J connectivity index is 0.000000590. The van der Waals surface area contributed by atoms with E-state index in [1.165, 1.54) is 28.5 Å². The van der Waals surface area contributed by atoms with Gasteiger partial charge in [0.1, 0.15) is 0 Å². The van der Waals surface area contributed by atoms with Crippen LogP contribution in [0.2, 0.25) is 0 Å². The van der Waals surface area contributed by atoms with Crippen LogP contribution in [-0.2, 0) is 39.1 Å². The van der Waals surface area contributed by atoms with Gasteiger partial charge in [-0.3, -0.25) is 19.9 Å². The van der Waals surface area contributed by atoms with E-state index < -0.39 is 20.5 Å². The number of nitrogens with zero attached hydrogens (tertiary/aromatic N) is 5. The van der Waals surface area contributed by atoms with Gasteiger partial charge in [-0.25, -0.2) is 37.3 Å². The molecule has 3 aromatic heterocycles. The summed E-state index contributed by atoms with van der Waals surface area (Å²) in [6, 6.07) is 28.8. The second-order valence-electron chi connectivity index (χ2n) is 8.40. The molecule has 0 amide bonds. The van der Waals surface area contributed by atoms with Crippen LogP contribution in [0.4, 0.5) is 0 Å². The first kappa shape index (κ1) is 38.8. The van der Waals surface area contributed by atoms with Crippen LogP contribution >= 0.6 is 0 Å². The maximum atomic E-state index is 8.49. The van der Waals surface area contributed by atoms with Gasteiger partial charge in [-0.05, 0) is 35.0 Å². The predicted molar refractivity (Wildman–Crippen MR) is 132 cm³/mol. The summed E-state index contributed by atoms with van der Waals surface area (Å²) in [5, 5.41) is 12.1. The Morgan fingerprint density at radius 3 is 1.36 bits per heavy atom. The summed E-state index contributed by atoms with van der Waals surface area (Å²) in [5.74, 6) is 0. The van der Waals surface area contributed by atoms with Gasteiger partial charge in [-0.2, -0.15) is 5.26 Å². The molecule has 0 unspecified atom stereocenters. The molecule has 13 nitrogen and oxygen atoms in total. The SMILES string of the molecule is CC#N.[O-][Cl+3]([O-])([O-])[O-].[O-][Cl+3]([O-])([O-])[O-].[Zn+2].c1ccc(CN(Cc2nccc3ccccc23)Cc2nccc3ccccc23)nc1. The number of pyridine rings is 3. The van der Waals surface area contributed by atoms with E-state index >= 15 is 0 Å². The zero-order valence-electron chi connectivity index (χ0n) is 23.3. The Labute approximate surface area is 270 Å². The second-order valence-corrected chi connectivity index (χ2v) is 9.92. The standard InChI is InChI=1S/C26H22N4.C2H3N.2ClHO4.Zn/c1-3-10-23-20(7-1)12-15-28-25(23)18-30(17-22-9-5-6-14-27-22)19-26-24-11-4-2-8-21(24)13-16-29-26;1-2-3;2*2-1(3,4)5;/h1-16H,17-19H2;1H3;2*(H,2,3,4,5);/q;;;;+2/p-2. The third-order valence-electron chi connectivity index (χ3n) is 5.37. The molecule has 0 bridgehead atoms. The third-order valence-corrected chi connectivity index (χ3v) is 5.37. The fourth-order valence-corrected chi connectivity index (χ4v) is 3.93. The van der Waals surface area contributed by atoms with Gasteiger partial charge >= 0.3 is 19.5 Å². The van der Waals surface area contributed by atoms with Crippen LogP contribution < -0.4 is 37.3 Å². The van der Waals surface area contributed by atoms with Gasteiger partial charge in [0.15, 0.2) is 0 Å². The minimum atomic E-state index is -4.94. The zero-order valence-corrected chi connectivity index (χ0v) is 27.8. The van der Waals surface area contributed by atoms with Crippen LogP contribution in [0.25, 0.3) is 21.5 Å². The van der Waals surface area contributed by atoms with Crippen molar-refractivity contribution in [1.82, 2.24) is 19.9 Å². The van der Waals surface area contributed by atoms with Gasteiger partial charge in [-0.1, -0.05) is 54.6 Å². The molecule has 5 aromatic rings. The maximum absolute atomic E-state index is 8.49. The smallest absolute Gasteiger partial charge is 0.286 e. The fourth-order valence-electron chi connectivity index (χ4n) is 3.93. The molecular formula is C28H25Cl2N5O8Zn. The normalized spacial score (nSPS) is 10.7. The minimum absolute atomic E-state index is 0. The molecule has 0 atom stereocenters. The van der Waals surface area contributed by atoms with Gasteiger partial charge in [0.25, 0.3) is 0 Å². The summed E-state index contributed by atoms with van der Waals surface area (Å²) in [4.78, 5) is 16.3. The topological polar surface area (TPSA) is 250 Å². The van der Waals surface area contributed by atoms with E-state index in [4.69, 9.17) is 52.5 Å². The number of benzene rings is 2. The predicted octanol–water partition coefficient (Wildman–Crippen LogP) is -3.60. The van der Waals surface area contributed by atoms with Crippen molar-refractivity contribution in [2.24, 2.45) is 0 Å². The third kappa shape index (κ3) is 16.0. The van der Waals surface area contributed by atoms with Gasteiger partial charge in [-0.15, -0.1) is 20.5 Å². The van der Waals surface area contributed by atoms with Crippen molar-refractivity contribution in [2.75, 3.05) is 0 Å². The number of hydrogen-bond donors (Lipinski definition) is 0. The summed E-state index contributed by atoms with van der Waals surface area (Å²) < 4.78 is 67.9. The van der Waals surface area contributed by atoms with E-state index in [1.807, 2.05) is 30.7 Å². The van der Waals surface area contributed by atoms with E-state index in [1.54, 1.807) is 6.07 Å². The van der Waals surface area contributed by atoms with E-state index in [0.29, 0.717) is 0 Å². The van der Waals surface area contributed by atoms with Crippen LogP contribution in [0.15, 0.2) is 97.5 Å². The molecular weight excluding hydrogens is 671 g/mol. The van der Waals surface area contributed by atoms with Crippen molar-refractivity contribution < 1.29 is 77.2 Å². The summed E-state index contributed by atoms with van der Waals surface area (Å²) in [6.45, 7) is 3.61. The molecule has 226 valence electrons. The number of fused-ring (bicyclic) bond motifs is 2. The number of halogens is 2. The van der Waals surface area contributed by atoms with Crippen molar-refractivity contribution in [3.63, 3.8) is 0 Å². The van der Waals surface area contributed by atoms with E-state index in [9.17, 15) is 0 Å². The molecule has 0 saturated carbocycles.